The van der Waals surface area contributed by atoms with E-state index in [9.17, 15) is 13.2 Å². The van der Waals surface area contributed by atoms with E-state index < -0.39 is 21.1 Å². The molecule has 1 aromatic carbocycles. The highest BCUT2D eigenvalue weighted by atomic mass is 32.2. The van der Waals surface area contributed by atoms with E-state index in [0.29, 0.717) is 18.7 Å². The number of nitrogens with zero attached hydrogens (tertiary/aromatic N) is 1. The van der Waals surface area contributed by atoms with Crippen LogP contribution in [0.4, 0.5) is 5.69 Å². The van der Waals surface area contributed by atoms with Gasteiger partial charge < -0.3 is 20.2 Å². The van der Waals surface area contributed by atoms with Crippen molar-refractivity contribution in [2.24, 2.45) is 0 Å². The Morgan fingerprint density at radius 3 is 2.05 bits per heavy atom. The first-order valence-electron chi connectivity index (χ1n) is 6.81. The molecule has 22 heavy (non-hydrogen) atoms. The summed E-state index contributed by atoms with van der Waals surface area (Å²) < 4.78 is 23.8. The highest BCUT2D eigenvalue weighted by Gasteiger charge is 2.27. The number of benzene rings is 1. The van der Waals surface area contributed by atoms with Crippen molar-refractivity contribution >= 4 is 21.5 Å². The van der Waals surface area contributed by atoms with E-state index in [-0.39, 0.29) is 19.0 Å². The van der Waals surface area contributed by atoms with E-state index in [1.807, 2.05) is 0 Å². The average Bonchev–Trinajstić information content (AvgIpc) is 2.46. The summed E-state index contributed by atoms with van der Waals surface area (Å²) in [6, 6.07) is 6.57. The van der Waals surface area contributed by atoms with Crippen LogP contribution in [0.25, 0.3) is 0 Å². The molecule has 0 aliphatic heterocycles. The van der Waals surface area contributed by atoms with Gasteiger partial charge in [0.1, 0.15) is 0 Å². The molecule has 3 N–H and O–H groups in total. The second-order valence-electron chi connectivity index (χ2n) is 4.89. The summed E-state index contributed by atoms with van der Waals surface area (Å²) in [6.45, 7) is 1.73. The van der Waals surface area contributed by atoms with E-state index in [1.54, 1.807) is 29.2 Å². The van der Waals surface area contributed by atoms with Gasteiger partial charge in [0.2, 0.25) is 0 Å². The zero-order chi connectivity index (χ0) is 16.8. The fraction of sp³-hybridized carbons (Fsp3) is 0.500. The monoisotopic (exact) mass is 331 g/mol. The SMILES string of the molecule is CC(C(=O)O)S(=O)(=O)Cc1ccc(N(CCO)CCO)cc1. The van der Waals surface area contributed by atoms with Crippen LogP contribution in [0.2, 0.25) is 0 Å². The van der Waals surface area contributed by atoms with Gasteiger partial charge in [0.25, 0.3) is 0 Å². The Labute approximate surface area is 129 Å². The maximum atomic E-state index is 11.9. The molecular weight excluding hydrogens is 310 g/mol. The predicted octanol–water partition coefficient (Wildman–Crippen LogP) is -0.135. The molecule has 7 nitrogen and oxygen atoms in total. The zero-order valence-electron chi connectivity index (χ0n) is 12.3. The fourth-order valence-corrected chi connectivity index (χ4v) is 3.14. The van der Waals surface area contributed by atoms with Crippen molar-refractivity contribution < 1.29 is 28.5 Å². The Hall–Kier alpha value is -1.64. The fourth-order valence-electron chi connectivity index (χ4n) is 1.93. The molecule has 0 heterocycles. The molecule has 0 saturated carbocycles. The normalized spacial score (nSPS) is 12.9. The van der Waals surface area contributed by atoms with Gasteiger partial charge in [-0.3, -0.25) is 4.79 Å². The maximum absolute atomic E-state index is 11.9. The average molecular weight is 331 g/mol. The third-order valence-corrected chi connectivity index (χ3v) is 5.31. The van der Waals surface area contributed by atoms with Gasteiger partial charge in [-0.2, -0.15) is 0 Å². The molecule has 0 aliphatic rings. The molecule has 124 valence electrons. The number of aliphatic carboxylic acids is 1. The van der Waals surface area contributed by atoms with Crippen molar-refractivity contribution in [2.75, 3.05) is 31.2 Å². The highest BCUT2D eigenvalue weighted by Crippen LogP contribution is 2.18. The summed E-state index contributed by atoms with van der Waals surface area (Å²) in [7, 11) is -3.76. The van der Waals surface area contributed by atoms with Crippen LogP contribution in [0.1, 0.15) is 12.5 Å². The molecule has 0 spiro atoms. The summed E-state index contributed by atoms with van der Waals surface area (Å²) in [5.74, 6) is -1.71. The number of aliphatic hydroxyl groups is 2. The van der Waals surface area contributed by atoms with E-state index in [1.165, 1.54) is 0 Å². The van der Waals surface area contributed by atoms with Crippen LogP contribution in [0.3, 0.4) is 0 Å². The molecule has 1 rings (SSSR count). The first-order chi connectivity index (χ1) is 10.3. The van der Waals surface area contributed by atoms with Crippen LogP contribution >= 0.6 is 0 Å². The van der Waals surface area contributed by atoms with Crippen molar-refractivity contribution in [1.29, 1.82) is 0 Å². The third kappa shape index (κ3) is 4.97. The standard InChI is InChI=1S/C14H21NO6S/c1-11(14(18)19)22(20,21)10-12-2-4-13(5-3-12)15(6-8-16)7-9-17/h2-5,11,16-17H,6-10H2,1H3,(H,18,19). The molecule has 0 saturated heterocycles. The van der Waals surface area contributed by atoms with Gasteiger partial charge in [0.15, 0.2) is 15.1 Å². The lowest BCUT2D eigenvalue weighted by Crippen LogP contribution is -2.29. The summed E-state index contributed by atoms with van der Waals surface area (Å²) in [4.78, 5) is 12.6. The second kappa shape index (κ2) is 8.11. The molecule has 1 unspecified atom stereocenters. The Morgan fingerprint density at radius 1 is 1.14 bits per heavy atom. The summed E-state index contributed by atoms with van der Waals surface area (Å²) in [5.41, 5.74) is 1.24. The minimum absolute atomic E-state index is 0.0632. The molecule has 0 aromatic heterocycles. The van der Waals surface area contributed by atoms with Crippen molar-refractivity contribution in [3.8, 4) is 0 Å². The van der Waals surface area contributed by atoms with Crippen LogP contribution < -0.4 is 4.90 Å². The molecule has 0 aliphatic carbocycles. The molecule has 1 aromatic rings. The van der Waals surface area contributed by atoms with Crippen molar-refractivity contribution in [3.05, 3.63) is 29.8 Å². The minimum atomic E-state index is -3.76. The number of sulfone groups is 1. The number of aliphatic hydroxyl groups excluding tert-OH is 2. The lowest BCUT2D eigenvalue weighted by molar-refractivity contribution is -0.136. The molecule has 8 heteroatoms. The Kier molecular flexibility index (Phi) is 6.79. The number of hydrogen-bond donors (Lipinski definition) is 3. The summed E-state index contributed by atoms with van der Waals surface area (Å²) in [6.07, 6.45) is 0. The Bertz CT molecular complexity index is 578. The molecule has 1 atom stereocenters. The van der Waals surface area contributed by atoms with E-state index >= 15 is 0 Å². The number of carboxylic acids is 1. The molecular formula is C14H21NO6S. The number of anilines is 1. The summed E-state index contributed by atoms with van der Waals surface area (Å²) >= 11 is 0. The van der Waals surface area contributed by atoms with Gasteiger partial charge >= 0.3 is 5.97 Å². The number of rotatable bonds is 9. The molecule has 0 fully saturated rings. The van der Waals surface area contributed by atoms with Gasteiger partial charge in [-0.15, -0.1) is 0 Å². The van der Waals surface area contributed by atoms with Crippen molar-refractivity contribution in [2.45, 2.75) is 17.9 Å². The minimum Gasteiger partial charge on any atom is -0.480 e. The molecule has 0 radical (unpaired) electrons. The number of carbonyl (C=O) groups is 1. The Balaban J connectivity index is 2.86. The largest absolute Gasteiger partial charge is 0.480 e. The summed E-state index contributed by atoms with van der Waals surface area (Å²) in [5, 5.41) is 25.3. The van der Waals surface area contributed by atoms with Crippen molar-refractivity contribution in [3.63, 3.8) is 0 Å². The third-order valence-electron chi connectivity index (χ3n) is 3.30. The number of carboxylic acid groups (broad SMARTS) is 1. The smallest absolute Gasteiger partial charge is 0.321 e. The van der Waals surface area contributed by atoms with Gasteiger partial charge in [0, 0.05) is 18.8 Å². The second-order valence-corrected chi connectivity index (χ2v) is 7.21. The maximum Gasteiger partial charge on any atom is 0.321 e. The van der Waals surface area contributed by atoms with Gasteiger partial charge in [-0.1, -0.05) is 12.1 Å². The molecule has 0 amide bonds. The molecule has 0 bridgehead atoms. The van der Waals surface area contributed by atoms with Gasteiger partial charge in [-0.25, -0.2) is 8.42 Å². The van der Waals surface area contributed by atoms with Crippen molar-refractivity contribution in [1.82, 2.24) is 0 Å². The quantitative estimate of drug-likeness (QED) is 0.577. The van der Waals surface area contributed by atoms with E-state index in [2.05, 4.69) is 0 Å². The van der Waals surface area contributed by atoms with Crippen LogP contribution in [0.15, 0.2) is 24.3 Å². The van der Waals surface area contributed by atoms with Crippen LogP contribution in [0, 0.1) is 0 Å². The Morgan fingerprint density at radius 2 is 1.64 bits per heavy atom. The lowest BCUT2D eigenvalue weighted by Gasteiger charge is -2.23. The van der Waals surface area contributed by atoms with Gasteiger partial charge in [-0.05, 0) is 24.6 Å². The van der Waals surface area contributed by atoms with Gasteiger partial charge in [0.05, 0.1) is 19.0 Å². The predicted molar refractivity (Wildman–Crippen MR) is 82.5 cm³/mol. The highest BCUT2D eigenvalue weighted by molar-refractivity contribution is 7.91. The van der Waals surface area contributed by atoms with E-state index in [4.69, 9.17) is 15.3 Å². The zero-order valence-corrected chi connectivity index (χ0v) is 13.2. The van der Waals surface area contributed by atoms with Crippen LogP contribution in [-0.2, 0) is 20.4 Å². The topological polar surface area (TPSA) is 115 Å². The lowest BCUT2D eigenvalue weighted by atomic mass is 10.2. The van der Waals surface area contributed by atoms with Crippen LogP contribution in [-0.4, -0.2) is 61.3 Å². The van der Waals surface area contributed by atoms with Crippen LogP contribution in [0.5, 0.6) is 0 Å². The first kappa shape index (κ1) is 18.4. The first-order valence-corrected chi connectivity index (χ1v) is 8.53. The van der Waals surface area contributed by atoms with E-state index in [0.717, 1.165) is 12.6 Å². The number of hydrogen-bond acceptors (Lipinski definition) is 6.